The summed E-state index contributed by atoms with van der Waals surface area (Å²) in [5.74, 6) is 1.52. The van der Waals surface area contributed by atoms with Crippen LogP contribution in [0, 0.1) is 18.7 Å². The van der Waals surface area contributed by atoms with E-state index >= 15 is 0 Å². The number of fused-ring (bicyclic) bond motifs is 1. The number of anilines is 2. The summed E-state index contributed by atoms with van der Waals surface area (Å²) in [7, 11) is 0.706. The number of rotatable bonds is 8. The van der Waals surface area contributed by atoms with Crippen LogP contribution in [0.25, 0.3) is 10.9 Å². The summed E-state index contributed by atoms with van der Waals surface area (Å²) in [6.45, 7) is 6.90. The van der Waals surface area contributed by atoms with Crippen molar-refractivity contribution in [1.82, 2.24) is 20.3 Å². The van der Waals surface area contributed by atoms with E-state index in [-0.39, 0.29) is 23.3 Å². The predicted octanol–water partition coefficient (Wildman–Crippen LogP) is 5.33. The van der Waals surface area contributed by atoms with Gasteiger partial charge in [-0.1, -0.05) is 18.6 Å². The quantitative estimate of drug-likeness (QED) is 0.312. The number of ether oxygens (including phenoxy) is 1. The van der Waals surface area contributed by atoms with Crippen LogP contribution in [0.4, 0.5) is 16.0 Å². The number of aromatic amines is 1. The number of hydrogen-bond donors (Lipinski definition) is 3. The van der Waals surface area contributed by atoms with Crippen LogP contribution in [0.1, 0.15) is 38.8 Å². The van der Waals surface area contributed by atoms with Crippen LogP contribution in [-0.4, -0.2) is 62.1 Å². The summed E-state index contributed by atoms with van der Waals surface area (Å²) in [6, 6.07) is 6.66. The first-order chi connectivity index (χ1) is 19.1. The zero-order chi connectivity index (χ0) is 28.9. The Morgan fingerprint density at radius 2 is 1.90 bits per heavy atom. The van der Waals surface area contributed by atoms with Crippen LogP contribution >= 0.6 is 0 Å². The summed E-state index contributed by atoms with van der Waals surface area (Å²) in [5.41, 5.74) is 4.38. The van der Waals surface area contributed by atoms with Crippen molar-refractivity contribution in [3.8, 4) is 11.8 Å². The molecule has 1 aliphatic carbocycles. The number of benzene rings is 1. The van der Waals surface area contributed by atoms with Crippen LogP contribution in [0.2, 0.25) is 0 Å². The molecule has 2 aromatic heterocycles. The molecule has 0 atom stereocenters. The molecular formula is C29H39FN6O3S. The molecule has 1 aliphatic heterocycles. The molecule has 3 heterocycles. The van der Waals surface area contributed by atoms with Crippen LogP contribution in [0.5, 0.6) is 11.8 Å². The summed E-state index contributed by atoms with van der Waals surface area (Å²) >= 11 is 0. The molecule has 2 aliphatic rings. The average Bonchev–Trinajstić information content (AvgIpc) is 3.71. The Labute approximate surface area is 235 Å². The van der Waals surface area contributed by atoms with Gasteiger partial charge in [-0.15, -0.1) is 0 Å². The Morgan fingerprint density at radius 1 is 1.18 bits per heavy atom. The zero-order valence-electron chi connectivity index (χ0n) is 23.8. The fourth-order valence-electron chi connectivity index (χ4n) is 4.32. The molecule has 0 amide bonds. The molecule has 0 radical (unpaired) electrons. The lowest BCUT2D eigenvalue weighted by atomic mass is 10.2. The molecule has 3 N–H and O–H groups in total. The fraction of sp³-hybridized carbons (Fsp3) is 0.448. The number of halogens is 1. The Bertz CT molecular complexity index is 1500. The molecule has 11 heteroatoms. The molecule has 5 rings (SSSR count). The van der Waals surface area contributed by atoms with E-state index in [4.69, 9.17) is 4.74 Å². The number of nitrogens with one attached hydrogen (secondary N) is 3. The number of aryl methyl sites for hydroxylation is 1. The third-order valence-corrected chi connectivity index (χ3v) is 8.68. The van der Waals surface area contributed by atoms with Gasteiger partial charge in [-0.25, -0.2) is 12.8 Å². The van der Waals surface area contributed by atoms with Gasteiger partial charge in [0.2, 0.25) is 0 Å². The highest BCUT2D eigenvalue weighted by Crippen LogP contribution is 2.35. The fourth-order valence-corrected chi connectivity index (χ4v) is 5.52. The monoisotopic (exact) mass is 570 g/mol. The van der Waals surface area contributed by atoms with Gasteiger partial charge in [0.15, 0.2) is 21.4 Å². The molecule has 1 aromatic carbocycles. The maximum absolute atomic E-state index is 14.8. The van der Waals surface area contributed by atoms with E-state index in [0.29, 0.717) is 35.6 Å². The highest BCUT2D eigenvalue weighted by Gasteiger charge is 2.25. The van der Waals surface area contributed by atoms with Crippen LogP contribution < -0.4 is 20.3 Å². The third-order valence-electron chi connectivity index (χ3n) is 7.07. The third kappa shape index (κ3) is 7.53. The van der Waals surface area contributed by atoms with Gasteiger partial charge in [0.25, 0.3) is 0 Å². The predicted molar refractivity (Wildman–Crippen MR) is 159 cm³/mol. The Kier molecular flexibility index (Phi) is 9.34. The largest absolute Gasteiger partial charge is 0.421 e. The van der Waals surface area contributed by atoms with Gasteiger partial charge in [0.05, 0.1) is 11.5 Å². The number of hydrogen-bond acceptors (Lipinski definition) is 8. The Morgan fingerprint density at radius 3 is 2.52 bits per heavy atom. The van der Waals surface area contributed by atoms with E-state index in [1.54, 1.807) is 25.2 Å². The Balaban J connectivity index is 0.000000259. The molecule has 0 spiro atoms. The first-order valence-electron chi connectivity index (χ1n) is 13.7. The van der Waals surface area contributed by atoms with Crippen molar-refractivity contribution in [3.05, 3.63) is 59.2 Å². The van der Waals surface area contributed by atoms with E-state index in [1.165, 1.54) is 30.2 Å². The molecule has 1 saturated heterocycles. The summed E-state index contributed by atoms with van der Waals surface area (Å²) in [6.07, 6.45) is 8.34. The molecule has 2 fully saturated rings. The average molecular weight is 571 g/mol. The number of H-pyrrole nitrogens is 1. The van der Waals surface area contributed by atoms with E-state index in [1.807, 2.05) is 18.9 Å². The summed E-state index contributed by atoms with van der Waals surface area (Å²) < 4.78 is 43.8. The topological polar surface area (TPSA) is 112 Å². The molecule has 3 aromatic rings. The molecular weight excluding hydrogens is 531 g/mol. The lowest BCUT2D eigenvalue weighted by molar-refractivity contribution is 0.414. The van der Waals surface area contributed by atoms with E-state index in [0.717, 1.165) is 18.0 Å². The lowest BCUT2D eigenvalue weighted by Crippen LogP contribution is -2.40. The smallest absolute Gasteiger partial charge is 0.326 e. The second-order valence-corrected chi connectivity index (χ2v) is 12.5. The molecule has 0 bridgehead atoms. The van der Waals surface area contributed by atoms with Crippen LogP contribution in [0.15, 0.2) is 47.7 Å². The van der Waals surface area contributed by atoms with Gasteiger partial charge in [0, 0.05) is 55.5 Å². The van der Waals surface area contributed by atoms with Gasteiger partial charge in [-0.05, 0) is 63.3 Å². The minimum atomic E-state index is -3.01. The molecule has 40 heavy (non-hydrogen) atoms. The SMILES string of the molecule is CC/C(C)=C/C=C(\NC)C1CC1.CNc1cc(N2CCS(=O)(=O)CC2)nc(Oc2ccc3[nH]c(C)cc3c2F)n1. The second kappa shape index (κ2) is 12.7. The van der Waals surface area contributed by atoms with E-state index in [9.17, 15) is 12.8 Å². The van der Waals surface area contributed by atoms with Gasteiger partial charge >= 0.3 is 6.01 Å². The molecule has 0 unspecified atom stereocenters. The standard InChI is InChI=1S/C18H20FN5O3S.C11H19N/c1-11-9-12-13(21-11)3-4-14(17(12)19)27-18-22-15(20-2)10-16(23-18)24-5-7-28(25,26)8-6-24;1-4-9(2)5-8-11(12-3)10-6-7-10/h3-4,9-10,21H,5-8H2,1-2H3,(H,20,22,23);5,8,10,12H,4,6-7H2,1-3H3/b;9-5+,11-8-. The minimum Gasteiger partial charge on any atom is -0.421 e. The highest BCUT2D eigenvalue weighted by atomic mass is 32.2. The molecule has 9 nitrogen and oxygen atoms in total. The van der Waals surface area contributed by atoms with Crippen molar-refractivity contribution in [2.24, 2.45) is 5.92 Å². The van der Waals surface area contributed by atoms with Crippen molar-refractivity contribution in [2.75, 3.05) is 48.9 Å². The van der Waals surface area contributed by atoms with Gasteiger partial charge in [-0.3, -0.25) is 0 Å². The molecule has 216 valence electrons. The van der Waals surface area contributed by atoms with Gasteiger partial charge < -0.3 is 25.3 Å². The highest BCUT2D eigenvalue weighted by molar-refractivity contribution is 7.91. The van der Waals surface area contributed by atoms with Crippen molar-refractivity contribution in [2.45, 2.75) is 40.0 Å². The number of aromatic nitrogens is 3. The summed E-state index contributed by atoms with van der Waals surface area (Å²) in [5, 5.41) is 6.61. The maximum Gasteiger partial charge on any atom is 0.326 e. The van der Waals surface area contributed by atoms with Crippen molar-refractivity contribution >= 4 is 32.4 Å². The lowest BCUT2D eigenvalue weighted by Gasteiger charge is -2.28. The normalized spacial score (nSPS) is 17.3. The van der Waals surface area contributed by atoms with Crippen molar-refractivity contribution in [1.29, 1.82) is 0 Å². The molecule has 1 saturated carbocycles. The summed E-state index contributed by atoms with van der Waals surface area (Å²) in [4.78, 5) is 13.5. The number of nitrogens with zero attached hydrogens (tertiary/aromatic N) is 3. The van der Waals surface area contributed by atoms with Gasteiger partial charge in [-0.2, -0.15) is 9.97 Å². The van der Waals surface area contributed by atoms with E-state index in [2.05, 4.69) is 51.6 Å². The number of allylic oxidation sites excluding steroid dienone is 4. The Hall–Kier alpha value is -3.60. The first-order valence-corrected chi connectivity index (χ1v) is 15.5. The van der Waals surface area contributed by atoms with Crippen LogP contribution in [-0.2, 0) is 9.84 Å². The van der Waals surface area contributed by atoms with Crippen molar-refractivity contribution < 1.29 is 17.5 Å². The zero-order valence-corrected chi connectivity index (χ0v) is 24.7. The van der Waals surface area contributed by atoms with E-state index < -0.39 is 15.7 Å². The first kappa shape index (κ1) is 29.4. The maximum atomic E-state index is 14.8. The minimum absolute atomic E-state index is 0.0132. The van der Waals surface area contributed by atoms with Gasteiger partial charge in [0.1, 0.15) is 11.6 Å². The van der Waals surface area contributed by atoms with Crippen molar-refractivity contribution in [3.63, 3.8) is 0 Å². The number of sulfone groups is 1. The second-order valence-electron chi connectivity index (χ2n) is 10.2. The van der Waals surface area contributed by atoms with Crippen LogP contribution in [0.3, 0.4) is 0 Å².